The highest BCUT2D eigenvalue weighted by Crippen LogP contribution is 2.19. The van der Waals surface area contributed by atoms with E-state index in [4.69, 9.17) is 4.74 Å². The molecule has 1 aliphatic rings. The summed E-state index contributed by atoms with van der Waals surface area (Å²) < 4.78 is 32.5. The van der Waals surface area contributed by atoms with Gasteiger partial charge in [-0.1, -0.05) is 17.7 Å². The molecular weight excluding hydrogens is 354 g/mol. The SMILES string of the molecule is Cc1ccc(S(=O)(=O)Nc2ccc(NC(=O)C3COCCN3)cc2)cc1. The summed E-state index contributed by atoms with van der Waals surface area (Å²) in [6.07, 6.45) is 0. The molecule has 0 saturated carbocycles. The van der Waals surface area contributed by atoms with Gasteiger partial charge in [0.15, 0.2) is 0 Å². The van der Waals surface area contributed by atoms with Crippen LogP contribution in [0.25, 0.3) is 0 Å². The quantitative estimate of drug-likeness (QED) is 0.739. The van der Waals surface area contributed by atoms with Crippen molar-refractivity contribution in [3.63, 3.8) is 0 Å². The Balaban J connectivity index is 1.63. The van der Waals surface area contributed by atoms with E-state index in [0.29, 0.717) is 31.1 Å². The largest absolute Gasteiger partial charge is 0.378 e. The lowest BCUT2D eigenvalue weighted by Gasteiger charge is -2.22. The van der Waals surface area contributed by atoms with Gasteiger partial charge in [0, 0.05) is 17.9 Å². The van der Waals surface area contributed by atoms with Crippen molar-refractivity contribution in [1.82, 2.24) is 5.32 Å². The van der Waals surface area contributed by atoms with Crippen LogP contribution in [0, 0.1) is 6.92 Å². The molecule has 1 amide bonds. The number of anilines is 2. The molecule has 2 aromatic rings. The second-order valence-electron chi connectivity index (χ2n) is 6.07. The number of aryl methyl sites for hydroxylation is 1. The molecule has 1 heterocycles. The molecule has 8 heteroatoms. The number of benzene rings is 2. The summed E-state index contributed by atoms with van der Waals surface area (Å²) in [6, 6.07) is 12.7. The fraction of sp³-hybridized carbons (Fsp3) is 0.278. The van der Waals surface area contributed by atoms with Gasteiger partial charge in [0.25, 0.3) is 10.0 Å². The maximum absolute atomic E-state index is 12.4. The summed E-state index contributed by atoms with van der Waals surface area (Å²) in [5.41, 5.74) is 1.99. The maximum atomic E-state index is 12.4. The van der Waals surface area contributed by atoms with Gasteiger partial charge in [0.1, 0.15) is 6.04 Å². The molecule has 1 fully saturated rings. The van der Waals surface area contributed by atoms with Gasteiger partial charge in [-0.25, -0.2) is 8.42 Å². The number of amides is 1. The number of carbonyl (C=O) groups is 1. The van der Waals surface area contributed by atoms with Crippen LogP contribution < -0.4 is 15.4 Å². The molecule has 0 radical (unpaired) electrons. The van der Waals surface area contributed by atoms with Gasteiger partial charge in [0.2, 0.25) is 5.91 Å². The summed E-state index contributed by atoms with van der Waals surface area (Å²) in [5.74, 6) is -0.183. The van der Waals surface area contributed by atoms with Crippen molar-refractivity contribution in [3.8, 4) is 0 Å². The Morgan fingerprint density at radius 1 is 1.08 bits per heavy atom. The number of hydrogen-bond acceptors (Lipinski definition) is 5. The Hall–Kier alpha value is -2.42. The van der Waals surface area contributed by atoms with E-state index in [1.54, 1.807) is 48.5 Å². The summed E-state index contributed by atoms with van der Waals surface area (Å²) in [5, 5.41) is 5.86. The summed E-state index contributed by atoms with van der Waals surface area (Å²) in [6.45, 7) is 3.46. The third-order valence-electron chi connectivity index (χ3n) is 3.97. The summed E-state index contributed by atoms with van der Waals surface area (Å²) in [4.78, 5) is 12.3. The Kier molecular flexibility index (Phi) is 5.55. The zero-order valence-electron chi connectivity index (χ0n) is 14.4. The number of nitrogens with one attached hydrogen (secondary N) is 3. The highest BCUT2D eigenvalue weighted by atomic mass is 32.2. The van der Waals surface area contributed by atoms with Gasteiger partial charge in [0.05, 0.1) is 18.1 Å². The van der Waals surface area contributed by atoms with E-state index < -0.39 is 10.0 Å². The van der Waals surface area contributed by atoms with Crippen molar-refractivity contribution in [3.05, 3.63) is 54.1 Å². The molecule has 26 heavy (non-hydrogen) atoms. The fourth-order valence-electron chi connectivity index (χ4n) is 2.52. The van der Waals surface area contributed by atoms with Crippen LogP contribution in [0.2, 0.25) is 0 Å². The molecule has 3 rings (SSSR count). The van der Waals surface area contributed by atoms with E-state index in [0.717, 1.165) is 5.56 Å². The van der Waals surface area contributed by atoms with E-state index in [1.807, 2.05) is 6.92 Å². The first-order chi connectivity index (χ1) is 12.4. The van der Waals surface area contributed by atoms with Crippen LogP contribution >= 0.6 is 0 Å². The number of sulfonamides is 1. The van der Waals surface area contributed by atoms with E-state index in [2.05, 4.69) is 15.4 Å². The molecular formula is C18H21N3O4S. The lowest BCUT2D eigenvalue weighted by molar-refractivity contribution is -0.120. The zero-order chi connectivity index (χ0) is 18.6. The van der Waals surface area contributed by atoms with Gasteiger partial charge >= 0.3 is 0 Å². The van der Waals surface area contributed by atoms with Crippen molar-refractivity contribution in [2.45, 2.75) is 17.9 Å². The first-order valence-electron chi connectivity index (χ1n) is 8.25. The molecule has 1 unspecified atom stereocenters. The first-order valence-corrected chi connectivity index (χ1v) is 9.74. The summed E-state index contributed by atoms with van der Waals surface area (Å²) in [7, 11) is -3.65. The molecule has 0 spiro atoms. The number of carbonyl (C=O) groups excluding carboxylic acids is 1. The lowest BCUT2D eigenvalue weighted by Crippen LogP contribution is -2.48. The third kappa shape index (κ3) is 4.60. The van der Waals surface area contributed by atoms with Crippen molar-refractivity contribution < 1.29 is 17.9 Å². The van der Waals surface area contributed by atoms with Crippen LogP contribution in [0.5, 0.6) is 0 Å². The van der Waals surface area contributed by atoms with Gasteiger partial charge in [-0.2, -0.15) is 0 Å². The topological polar surface area (TPSA) is 96.5 Å². The zero-order valence-corrected chi connectivity index (χ0v) is 15.2. The Morgan fingerprint density at radius 3 is 2.35 bits per heavy atom. The fourth-order valence-corrected chi connectivity index (χ4v) is 3.57. The van der Waals surface area contributed by atoms with Crippen molar-refractivity contribution >= 4 is 27.3 Å². The molecule has 2 aromatic carbocycles. The predicted molar refractivity (Wildman–Crippen MR) is 99.7 cm³/mol. The molecule has 7 nitrogen and oxygen atoms in total. The number of hydrogen-bond donors (Lipinski definition) is 3. The van der Waals surface area contributed by atoms with Gasteiger partial charge in [-0.3, -0.25) is 9.52 Å². The smallest absolute Gasteiger partial charge is 0.261 e. The first kappa shape index (κ1) is 18.4. The Labute approximate surface area is 152 Å². The van der Waals surface area contributed by atoms with E-state index in [1.165, 1.54) is 0 Å². The van der Waals surface area contributed by atoms with Crippen molar-refractivity contribution in [2.24, 2.45) is 0 Å². The van der Waals surface area contributed by atoms with E-state index in [-0.39, 0.29) is 16.8 Å². The van der Waals surface area contributed by atoms with Crippen molar-refractivity contribution in [2.75, 3.05) is 29.8 Å². The van der Waals surface area contributed by atoms with Crippen LogP contribution in [0.15, 0.2) is 53.4 Å². The second kappa shape index (κ2) is 7.86. The number of rotatable bonds is 5. The molecule has 138 valence electrons. The Bertz CT molecular complexity index is 858. The molecule has 0 bridgehead atoms. The molecule has 0 aliphatic carbocycles. The third-order valence-corrected chi connectivity index (χ3v) is 5.37. The van der Waals surface area contributed by atoms with Crippen LogP contribution in [-0.2, 0) is 19.6 Å². The second-order valence-corrected chi connectivity index (χ2v) is 7.75. The van der Waals surface area contributed by atoms with E-state index >= 15 is 0 Å². The molecule has 1 atom stereocenters. The van der Waals surface area contributed by atoms with Gasteiger partial charge in [-0.05, 0) is 43.3 Å². The highest BCUT2D eigenvalue weighted by Gasteiger charge is 2.21. The van der Waals surface area contributed by atoms with Crippen LogP contribution in [0.3, 0.4) is 0 Å². The van der Waals surface area contributed by atoms with Gasteiger partial charge in [-0.15, -0.1) is 0 Å². The minimum Gasteiger partial charge on any atom is -0.378 e. The number of morpholine rings is 1. The Morgan fingerprint density at radius 2 is 1.73 bits per heavy atom. The normalized spacial score (nSPS) is 17.5. The van der Waals surface area contributed by atoms with Crippen LogP contribution in [-0.4, -0.2) is 40.1 Å². The predicted octanol–water partition coefficient (Wildman–Crippen LogP) is 1.72. The van der Waals surface area contributed by atoms with Crippen LogP contribution in [0.1, 0.15) is 5.56 Å². The summed E-state index contributed by atoms with van der Waals surface area (Å²) >= 11 is 0. The molecule has 0 aromatic heterocycles. The van der Waals surface area contributed by atoms with E-state index in [9.17, 15) is 13.2 Å². The average molecular weight is 375 g/mol. The molecule has 1 saturated heterocycles. The number of ether oxygens (including phenoxy) is 1. The monoisotopic (exact) mass is 375 g/mol. The highest BCUT2D eigenvalue weighted by molar-refractivity contribution is 7.92. The van der Waals surface area contributed by atoms with Crippen molar-refractivity contribution in [1.29, 1.82) is 0 Å². The molecule has 3 N–H and O–H groups in total. The molecule has 1 aliphatic heterocycles. The minimum absolute atomic E-state index is 0.183. The average Bonchev–Trinajstić information content (AvgIpc) is 2.64. The van der Waals surface area contributed by atoms with Crippen LogP contribution in [0.4, 0.5) is 11.4 Å². The minimum atomic E-state index is -3.65. The van der Waals surface area contributed by atoms with Gasteiger partial charge < -0.3 is 15.4 Å². The standard InChI is InChI=1S/C18H21N3O4S/c1-13-2-8-16(9-3-13)26(23,24)21-15-6-4-14(5-7-15)20-18(22)17-12-25-11-10-19-17/h2-9,17,19,21H,10-12H2,1H3,(H,20,22). The lowest BCUT2D eigenvalue weighted by atomic mass is 10.2. The maximum Gasteiger partial charge on any atom is 0.261 e.